The number of carboxylic acids is 1. The maximum absolute atomic E-state index is 12.4. The Kier molecular flexibility index (Phi) is 11.0. The maximum Gasteiger partial charge on any atom is 0.325 e. The van der Waals surface area contributed by atoms with Crippen molar-refractivity contribution in [2.75, 3.05) is 12.4 Å². The Hall–Kier alpha value is -2.38. The Bertz CT molecular complexity index is 574. The van der Waals surface area contributed by atoms with Crippen LogP contribution in [0.5, 0.6) is 0 Å². The maximum atomic E-state index is 12.4. The molecule has 0 aliphatic carbocycles. The highest BCUT2D eigenvalue weighted by Gasteiger charge is 2.28. The van der Waals surface area contributed by atoms with Gasteiger partial charge in [-0.2, -0.15) is 12.6 Å². The first-order chi connectivity index (χ1) is 12.5. The van der Waals surface area contributed by atoms with Crippen LogP contribution in [0.1, 0.15) is 19.8 Å². The van der Waals surface area contributed by atoms with Crippen LogP contribution in [0.25, 0.3) is 0 Å². The molecule has 0 heterocycles. The molecular weight excluding hydrogens is 382 g/mol. The van der Waals surface area contributed by atoms with Crippen molar-refractivity contribution >= 4 is 42.2 Å². The Balaban J connectivity index is 5.10. The van der Waals surface area contributed by atoms with Crippen molar-refractivity contribution in [3.05, 3.63) is 0 Å². The summed E-state index contributed by atoms with van der Waals surface area (Å²) in [7, 11) is 0. The lowest BCUT2D eigenvalue weighted by Gasteiger charge is -2.23. The molecule has 0 bridgehead atoms. The van der Waals surface area contributed by atoms with E-state index < -0.39 is 60.4 Å². The summed E-state index contributed by atoms with van der Waals surface area (Å²) < 4.78 is 0. The number of thiol groups is 1. The van der Waals surface area contributed by atoms with Crippen LogP contribution in [0.2, 0.25) is 0 Å². The van der Waals surface area contributed by atoms with Gasteiger partial charge in [0.2, 0.25) is 23.6 Å². The van der Waals surface area contributed by atoms with E-state index in [1.807, 2.05) is 0 Å². The van der Waals surface area contributed by atoms with Crippen molar-refractivity contribution in [1.29, 1.82) is 0 Å². The molecule has 0 aromatic rings. The number of carboxylic acid groups (broad SMARTS) is 1. The van der Waals surface area contributed by atoms with Crippen LogP contribution in [0, 0.1) is 0 Å². The summed E-state index contributed by atoms with van der Waals surface area (Å²) in [4.78, 5) is 58.0. The smallest absolute Gasteiger partial charge is 0.325 e. The van der Waals surface area contributed by atoms with Gasteiger partial charge in [0, 0.05) is 12.2 Å². The minimum Gasteiger partial charge on any atom is -0.480 e. The molecule has 9 N–H and O–H groups in total. The molecule has 0 saturated carbocycles. The number of aliphatic carboxylic acids is 1. The average molecular weight is 407 g/mol. The fourth-order valence-electron chi connectivity index (χ4n) is 1.76. The molecule has 0 radical (unpaired) electrons. The molecule has 0 aromatic carbocycles. The summed E-state index contributed by atoms with van der Waals surface area (Å²) in [6.45, 7) is 0.578. The second-order valence-corrected chi connectivity index (χ2v) is 6.03. The van der Waals surface area contributed by atoms with Crippen LogP contribution in [0.3, 0.4) is 0 Å². The molecule has 4 unspecified atom stereocenters. The predicted octanol–water partition coefficient (Wildman–Crippen LogP) is -3.94. The summed E-state index contributed by atoms with van der Waals surface area (Å²) in [6, 6.07) is -4.92. The monoisotopic (exact) mass is 407 g/mol. The quantitative estimate of drug-likeness (QED) is 0.149. The van der Waals surface area contributed by atoms with Gasteiger partial charge >= 0.3 is 5.97 Å². The van der Waals surface area contributed by atoms with E-state index in [9.17, 15) is 24.0 Å². The van der Waals surface area contributed by atoms with Crippen molar-refractivity contribution in [1.82, 2.24) is 16.0 Å². The van der Waals surface area contributed by atoms with E-state index in [4.69, 9.17) is 21.7 Å². The van der Waals surface area contributed by atoms with E-state index in [-0.39, 0.29) is 18.6 Å². The summed E-state index contributed by atoms with van der Waals surface area (Å²) in [6.07, 6.45) is -0.405. The van der Waals surface area contributed by atoms with Gasteiger partial charge in [-0.05, 0) is 13.3 Å². The van der Waals surface area contributed by atoms with Crippen molar-refractivity contribution < 1.29 is 34.2 Å². The average Bonchev–Trinajstić information content (AvgIpc) is 2.61. The summed E-state index contributed by atoms with van der Waals surface area (Å²) in [5, 5.41) is 24.4. The SMILES string of the molecule is CC(NC(=O)C(CS)NC(=O)C(CCC(N)=O)NC(=O)C(N)CO)C(=O)O. The van der Waals surface area contributed by atoms with Crippen molar-refractivity contribution in [3.8, 4) is 0 Å². The summed E-state index contributed by atoms with van der Waals surface area (Å²) in [5.74, 6) is -4.60. The molecule has 27 heavy (non-hydrogen) atoms. The molecule has 12 nitrogen and oxygen atoms in total. The number of primary amides is 1. The fraction of sp³-hybridized carbons (Fsp3) is 0.643. The van der Waals surface area contributed by atoms with E-state index in [0.29, 0.717) is 0 Å². The Morgan fingerprint density at radius 2 is 1.52 bits per heavy atom. The Morgan fingerprint density at radius 3 is 1.96 bits per heavy atom. The number of nitrogens with one attached hydrogen (secondary N) is 3. The van der Waals surface area contributed by atoms with E-state index in [1.54, 1.807) is 0 Å². The molecule has 13 heteroatoms. The van der Waals surface area contributed by atoms with Crippen LogP contribution in [0.15, 0.2) is 0 Å². The number of carbonyl (C=O) groups excluding carboxylic acids is 4. The van der Waals surface area contributed by atoms with Crippen LogP contribution < -0.4 is 27.4 Å². The molecule has 4 atom stereocenters. The highest BCUT2D eigenvalue weighted by molar-refractivity contribution is 7.80. The van der Waals surface area contributed by atoms with E-state index >= 15 is 0 Å². The highest BCUT2D eigenvalue weighted by Crippen LogP contribution is 2.01. The molecular formula is C14H25N5O7S. The van der Waals surface area contributed by atoms with Crippen LogP contribution in [-0.4, -0.2) is 76.3 Å². The van der Waals surface area contributed by atoms with Gasteiger partial charge < -0.3 is 37.6 Å². The van der Waals surface area contributed by atoms with Crippen molar-refractivity contribution in [3.63, 3.8) is 0 Å². The normalized spacial score (nSPS) is 15.0. The van der Waals surface area contributed by atoms with Crippen LogP contribution >= 0.6 is 12.6 Å². The van der Waals surface area contributed by atoms with Gasteiger partial charge in [0.1, 0.15) is 24.2 Å². The molecule has 154 valence electrons. The lowest BCUT2D eigenvalue weighted by Crippen LogP contribution is -2.57. The predicted molar refractivity (Wildman–Crippen MR) is 96.4 cm³/mol. The third kappa shape index (κ3) is 9.21. The first kappa shape index (κ1) is 24.6. The molecule has 0 aliphatic heterocycles. The third-order valence-corrected chi connectivity index (χ3v) is 3.76. The van der Waals surface area contributed by atoms with Crippen molar-refractivity contribution in [2.24, 2.45) is 11.5 Å². The van der Waals surface area contributed by atoms with Crippen molar-refractivity contribution in [2.45, 2.75) is 43.9 Å². The van der Waals surface area contributed by atoms with Crippen LogP contribution in [0.4, 0.5) is 0 Å². The minimum atomic E-state index is -1.28. The molecule has 0 aliphatic rings. The second-order valence-electron chi connectivity index (χ2n) is 5.67. The van der Waals surface area contributed by atoms with E-state index in [2.05, 4.69) is 28.6 Å². The second kappa shape index (κ2) is 12.1. The van der Waals surface area contributed by atoms with Gasteiger partial charge in [-0.3, -0.25) is 24.0 Å². The number of aliphatic hydroxyl groups is 1. The van der Waals surface area contributed by atoms with Crippen LogP contribution in [-0.2, 0) is 24.0 Å². The lowest BCUT2D eigenvalue weighted by atomic mass is 10.1. The fourth-order valence-corrected chi connectivity index (χ4v) is 2.02. The number of hydrogen-bond acceptors (Lipinski definition) is 8. The number of nitrogens with two attached hydrogens (primary N) is 2. The topological polar surface area (TPSA) is 214 Å². The molecule has 0 fully saturated rings. The lowest BCUT2D eigenvalue weighted by molar-refractivity contribution is -0.141. The molecule has 4 amide bonds. The molecule has 0 aromatic heterocycles. The van der Waals surface area contributed by atoms with Gasteiger partial charge in [0.05, 0.1) is 6.61 Å². The minimum absolute atomic E-state index is 0.156. The molecule has 0 rings (SSSR count). The standard InChI is InChI=1S/C14H25N5O7S/c1-6(14(25)26)17-13(24)9(5-27)19-12(23)8(2-3-10(16)21)18-11(22)7(15)4-20/h6-9,20,27H,2-5,15H2,1H3,(H2,16,21)(H,17,24)(H,18,22)(H,19,23)(H,25,26). The number of aliphatic hydroxyl groups excluding tert-OH is 1. The molecule has 0 saturated heterocycles. The zero-order valence-electron chi connectivity index (χ0n) is 14.7. The third-order valence-electron chi connectivity index (χ3n) is 3.39. The number of carbonyl (C=O) groups is 5. The Labute approximate surface area is 160 Å². The van der Waals surface area contributed by atoms with Gasteiger partial charge in [0.25, 0.3) is 0 Å². The van der Waals surface area contributed by atoms with Gasteiger partial charge in [-0.1, -0.05) is 0 Å². The van der Waals surface area contributed by atoms with Gasteiger partial charge in [0.15, 0.2) is 0 Å². The number of rotatable bonds is 12. The largest absolute Gasteiger partial charge is 0.480 e. The van der Waals surface area contributed by atoms with E-state index in [1.165, 1.54) is 6.92 Å². The first-order valence-corrected chi connectivity index (χ1v) is 8.56. The number of amides is 4. The molecule has 0 spiro atoms. The van der Waals surface area contributed by atoms with Gasteiger partial charge in [-0.15, -0.1) is 0 Å². The highest BCUT2D eigenvalue weighted by atomic mass is 32.1. The zero-order valence-corrected chi connectivity index (χ0v) is 15.6. The zero-order chi connectivity index (χ0) is 21.1. The van der Waals surface area contributed by atoms with E-state index in [0.717, 1.165) is 0 Å². The number of hydrogen-bond donors (Lipinski definition) is 8. The Morgan fingerprint density at radius 1 is 1.00 bits per heavy atom. The van der Waals surface area contributed by atoms with Gasteiger partial charge in [-0.25, -0.2) is 0 Å². The summed E-state index contributed by atoms with van der Waals surface area (Å²) >= 11 is 3.94. The summed E-state index contributed by atoms with van der Waals surface area (Å²) in [5.41, 5.74) is 10.4. The first-order valence-electron chi connectivity index (χ1n) is 7.93.